The van der Waals surface area contributed by atoms with Gasteiger partial charge in [0.1, 0.15) is 5.76 Å². The SMILES string of the molecule is FC(F)(F)OC1=CCCC(c2ccc3ccccc3c2)=C1. The summed E-state index contributed by atoms with van der Waals surface area (Å²) in [7, 11) is 0. The van der Waals surface area contributed by atoms with E-state index in [9.17, 15) is 13.2 Å². The van der Waals surface area contributed by atoms with E-state index in [1.54, 1.807) is 0 Å². The first kappa shape index (κ1) is 13.7. The number of allylic oxidation sites excluding steroid dienone is 3. The molecule has 0 heterocycles. The van der Waals surface area contributed by atoms with Crippen LogP contribution in [-0.2, 0) is 4.74 Å². The first-order valence-corrected chi connectivity index (χ1v) is 6.67. The third kappa shape index (κ3) is 3.27. The zero-order chi connectivity index (χ0) is 14.9. The lowest BCUT2D eigenvalue weighted by atomic mass is 9.95. The second-order valence-corrected chi connectivity index (χ2v) is 4.92. The van der Waals surface area contributed by atoms with E-state index in [1.165, 1.54) is 12.2 Å². The van der Waals surface area contributed by atoms with Crippen LogP contribution in [0.1, 0.15) is 18.4 Å². The lowest BCUT2D eigenvalue weighted by molar-refractivity contribution is -0.303. The van der Waals surface area contributed by atoms with Gasteiger partial charge in [0.2, 0.25) is 0 Å². The van der Waals surface area contributed by atoms with Gasteiger partial charge in [-0.15, -0.1) is 13.2 Å². The van der Waals surface area contributed by atoms with Crippen LogP contribution in [0.2, 0.25) is 0 Å². The standard InChI is InChI=1S/C17H13F3O/c18-17(19,20)21-16-7-3-6-14(11-16)15-9-8-12-4-1-2-5-13(12)10-15/h1-2,4-5,7-11H,3,6H2. The molecule has 0 spiro atoms. The minimum Gasteiger partial charge on any atom is -0.406 e. The Hall–Kier alpha value is -2.23. The highest BCUT2D eigenvalue weighted by Gasteiger charge is 2.32. The molecule has 1 aliphatic rings. The minimum atomic E-state index is -4.64. The predicted molar refractivity (Wildman–Crippen MR) is 76.4 cm³/mol. The van der Waals surface area contributed by atoms with Crippen molar-refractivity contribution < 1.29 is 17.9 Å². The van der Waals surface area contributed by atoms with E-state index in [4.69, 9.17) is 0 Å². The molecule has 3 rings (SSSR count). The summed E-state index contributed by atoms with van der Waals surface area (Å²) in [5.41, 5.74) is 1.80. The van der Waals surface area contributed by atoms with Gasteiger partial charge in [0, 0.05) is 0 Å². The van der Waals surface area contributed by atoms with Gasteiger partial charge in [0.05, 0.1) is 0 Å². The molecule has 0 amide bonds. The normalized spacial score (nSPS) is 15.6. The highest BCUT2D eigenvalue weighted by Crippen LogP contribution is 2.31. The van der Waals surface area contributed by atoms with Crippen LogP contribution in [0.5, 0.6) is 0 Å². The van der Waals surface area contributed by atoms with Gasteiger partial charge in [-0.3, -0.25) is 0 Å². The number of hydrogen-bond donors (Lipinski definition) is 0. The van der Waals surface area contributed by atoms with E-state index in [1.807, 2.05) is 42.5 Å². The Kier molecular flexibility index (Phi) is 3.45. The Labute approximate surface area is 120 Å². The Morgan fingerprint density at radius 2 is 1.71 bits per heavy atom. The Morgan fingerprint density at radius 3 is 2.48 bits per heavy atom. The Morgan fingerprint density at radius 1 is 0.952 bits per heavy atom. The average Bonchev–Trinajstić information content (AvgIpc) is 2.45. The van der Waals surface area contributed by atoms with Gasteiger partial charge in [-0.2, -0.15) is 0 Å². The van der Waals surface area contributed by atoms with E-state index < -0.39 is 6.36 Å². The summed E-state index contributed by atoms with van der Waals surface area (Å²) < 4.78 is 40.9. The van der Waals surface area contributed by atoms with Gasteiger partial charge in [-0.1, -0.05) is 36.4 Å². The lowest BCUT2D eigenvalue weighted by Gasteiger charge is -2.16. The highest BCUT2D eigenvalue weighted by atomic mass is 19.4. The van der Waals surface area contributed by atoms with Crippen LogP contribution < -0.4 is 0 Å². The van der Waals surface area contributed by atoms with Gasteiger partial charge in [-0.25, -0.2) is 0 Å². The fourth-order valence-corrected chi connectivity index (χ4v) is 2.49. The quantitative estimate of drug-likeness (QED) is 0.716. The molecule has 2 aromatic rings. The third-order valence-corrected chi connectivity index (χ3v) is 3.43. The summed E-state index contributed by atoms with van der Waals surface area (Å²) in [4.78, 5) is 0. The van der Waals surface area contributed by atoms with Crippen molar-refractivity contribution in [3.8, 4) is 0 Å². The van der Waals surface area contributed by atoms with Gasteiger partial charge >= 0.3 is 6.36 Å². The second kappa shape index (κ2) is 5.28. The molecule has 0 aromatic heterocycles. The molecule has 0 fully saturated rings. The summed E-state index contributed by atoms with van der Waals surface area (Å²) in [6.07, 6.45) is -0.444. The van der Waals surface area contributed by atoms with Crippen LogP contribution in [0.15, 0.2) is 60.4 Å². The number of benzene rings is 2. The maximum Gasteiger partial charge on any atom is 0.573 e. The van der Waals surface area contributed by atoms with Gasteiger partial charge < -0.3 is 4.74 Å². The molecular formula is C17H13F3O. The molecule has 0 saturated heterocycles. The van der Waals surface area contributed by atoms with Crippen molar-refractivity contribution in [1.82, 2.24) is 0 Å². The topological polar surface area (TPSA) is 9.23 Å². The van der Waals surface area contributed by atoms with Crippen LogP contribution >= 0.6 is 0 Å². The lowest BCUT2D eigenvalue weighted by Crippen LogP contribution is -2.13. The highest BCUT2D eigenvalue weighted by molar-refractivity contribution is 5.86. The zero-order valence-electron chi connectivity index (χ0n) is 11.2. The minimum absolute atomic E-state index is 0.128. The van der Waals surface area contributed by atoms with Crippen molar-refractivity contribution in [3.05, 3.63) is 65.9 Å². The molecular weight excluding hydrogens is 277 g/mol. The molecule has 0 radical (unpaired) electrons. The predicted octanol–water partition coefficient (Wildman–Crippen LogP) is 5.44. The van der Waals surface area contributed by atoms with E-state index in [-0.39, 0.29) is 5.76 Å². The maximum absolute atomic E-state index is 12.3. The number of halogens is 3. The summed E-state index contributed by atoms with van der Waals surface area (Å²) >= 11 is 0. The van der Waals surface area contributed by atoms with Gasteiger partial charge in [-0.05, 0) is 53.0 Å². The summed E-state index contributed by atoms with van der Waals surface area (Å²) in [5.74, 6) is -0.128. The molecule has 1 aliphatic carbocycles. The van der Waals surface area contributed by atoms with Crippen molar-refractivity contribution in [3.63, 3.8) is 0 Å². The molecule has 0 atom stereocenters. The number of hydrogen-bond acceptors (Lipinski definition) is 1. The monoisotopic (exact) mass is 290 g/mol. The molecule has 0 aliphatic heterocycles. The Bertz CT molecular complexity index is 726. The maximum atomic E-state index is 12.3. The molecule has 1 nitrogen and oxygen atoms in total. The summed E-state index contributed by atoms with van der Waals surface area (Å²) in [5, 5.41) is 2.18. The van der Waals surface area contributed by atoms with Crippen LogP contribution in [0.3, 0.4) is 0 Å². The molecule has 2 aromatic carbocycles. The molecule has 21 heavy (non-hydrogen) atoms. The molecule has 0 N–H and O–H groups in total. The van der Waals surface area contributed by atoms with Crippen LogP contribution in [0, 0.1) is 0 Å². The van der Waals surface area contributed by atoms with Gasteiger partial charge in [0.15, 0.2) is 0 Å². The molecule has 4 heteroatoms. The number of alkyl halides is 3. The average molecular weight is 290 g/mol. The number of ether oxygens (including phenoxy) is 1. The first-order chi connectivity index (χ1) is 10.0. The molecule has 108 valence electrons. The van der Waals surface area contributed by atoms with Gasteiger partial charge in [0.25, 0.3) is 0 Å². The number of rotatable bonds is 2. The smallest absolute Gasteiger partial charge is 0.406 e. The Balaban J connectivity index is 1.92. The van der Waals surface area contributed by atoms with Crippen molar-refractivity contribution in [2.75, 3.05) is 0 Å². The third-order valence-electron chi connectivity index (χ3n) is 3.43. The van der Waals surface area contributed by atoms with E-state index >= 15 is 0 Å². The fraction of sp³-hybridized carbons (Fsp3) is 0.176. The molecule has 0 bridgehead atoms. The first-order valence-electron chi connectivity index (χ1n) is 6.67. The van der Waals surface area contributed by atoms with Crippen molar-refractivity contribution in [2.24, 2.45) is 0 Å². The summed E-state index contributed by atoms with van der Waals surface area (Å²) in [6, 6.07) is 13.8. The molecule has 0 unspecified atom stereocenters. The van der Waals surface area contributed by atoms with Crippen LogP contribution in [0.4, 0.5) is 13.2 Å². The van der Waals surface area contributed by atoms with E-state index in [0.29, 0.717) is 12.8 Å². The van der Waals surface area contributed by atoms with E-state index in [0.717, 1.165) is 21.9 Å². The second-order valence-electron chi connectivity index (χ2n) is 4.92. The fourth-order valence-electron chi connectivity index (χ4n) is 2.49. The van der Waals surface area contributed by atoms with Crippen molar-refractivity contribution in [2.45, 2.75) is 19.2 Å². The number of fused-ring (bicyclic) bond motifs is 1. The summed E-state index contributed by atoms with van der Waals surface area (Å²) in [6.45, 7) is 0. The van der Waals surface area contributed by atoms with Crippen LogP contribution in [0.25, 0.3) is 16.3 Å². The zero-order valence-corrected chi connectivity index (χ0v) is 11.2. The van der Waals surface area contributed by atoms with Crippen molar-refractivity contribution in [1.29, 1.82) is 0 Å². The van der Waals surface area contributed by atoms with Crippen molar-refractivity contribution >= 4 is 16.3 Å². The van der Waals surface area contributed by atoms with E-state index in [2.05, 4.69) is 4.74 Å². The van der Waals surface area contributed by atoms with Crippen LogP contribution in [-0.4, -0.2) is 6.36 Å². The largest absolute Gasteiger partial charge is 0.573 e. The molecule has 0 saturated carbocycles.